The van der Waals surface area contributed by atoms with Crippen LogP contribution < -0.4 is 5.32 Å². The lowest BCUT2D eigenvalue weighted by atomic mass is 10.0. The summed E-state index contributed by atoms with van der Waals surface area (Å²) in [5.41, 5.74) is 4.53. The van der Waals surface area contributed by atoms with Crippen LogP contribution in [-0.4, -0.2) is 29.5 Å². The first-order valence-electron chi connectivity index (χ1n) is 9.99. The van der Waals surface area contributed by atoms with Gasteiger partial charge in [-0.15, -0.1) is 0 Å². The minimum atomic E-state index is -2.01. The molecule has 1 atom stereocenters. The van der Waals surface area contributed by atoms with E-state index in [2.05, 4.69) is 5.32 Å². The van der Waals surface area contributed by atoms with Gasteiger partial charge in [-0.1, -0.05) is 72.8 Å². The number of carbonyl (C=O) groups is 1. The predicted octanol–water partition coefficient (Wildman–Crippen LogP) is 3.31. The van der Waals surface area contributed by atoms with E-state index >= 15 is 0 Å². The van der Waals surface area contributed by atoms with Crippen molar-refractivity contribution in [2.75, 3.05) is 0 Å². The molecule has 0 unspecified atom stereocenters. The maximum Gasteiger partial charge on any atom is 0.635 e. The topological polar surface area (TPSA) is 91.9 Å². The van der Waals surface area contributed by atoms with E-state index in [1.165, 1.54) is 0 Å². The highest BCUT2D eigenvalue weighted by molar-refractivity contribution is 6.32. The van der Waals surface area contributed by atoms with Crippen LogP contribution in [0.1, 0.15) is 11.1 Å². The van der Waals surface area contributed by atoms with Crippen molar-refractivity contribution in [2.24, 2.45) is 0 Å². The lowest BCUT2D eigenvalue weighted by Gasteiger charge is -2.19. The van der Waals surface area contributed by atoms with E-state index in [9.17, 15) is 14.8 Å². The minimum Gasteiger partial charge on any atom is -0.464 e. The number of amides is 1. The number of hydrogen-bond acceptors (Lipinski definition) is 5. The van der Waals surface area contributed by atoms with Crippen molar-refractivity contribution in [3.05, 3.63) is 96.3 Å². The molecule has 1 heterocycles. The van der Waals surface area contributed by atoms with Crippen LogP contribution in [0.2, 0.25) is 0 Å². The van der Waals surface area contributed by atoms with Gasteiger partial charge in [0.1, 0.15) is 11.8 Å². The summed E-state index contributed by atoms with van der Waals surface area (Å²) in [6.07, 6.45) is 1.03. The van der Waals surface area contributed by atoms with E-state index in [4.69, 9.17) is 9.07 Å². The van der Waals surface area contributed by atoms with Crippen LogP contribution in [0, 0.1) is 0 Å². The van der Waals surface area contributed by atoms with E-state index < -0.39 is 13.5 Å². The third-order valence-electron chi connectivity index (χ3n) is 5.00. The Labute approximate surface area is 180 Å². The zero-order valence-electron chi connectivity index (χ0n) is 16.8. The molecule has 1 amide bonds. The molecule has 4 aromatic rings. The molecule has 3 N–H and O–H groups in total. The summed E-state index contributed by atoms with van der Waals surface area (Å²) in [7, 11) is -2.01. The Balaban J connectivity index is 1.41. The Bertz CT molecular complexity index is 1140. The van der Waals surface area contributed by atoms with Crippen LogP contribution in [0.25, 0.3) is 22.1 Å². The first-order valence-corrected chi connectivity index (χ1v) is 9.99. The van der Waals surface area contributed by atoms with Crippen LogP contribution in [0.15, 0.2) is 89.5 Å². The second-order valence-electron chi connectivity index (χ2n) is 7.22. The van der Waals surface area contributed by atoms with Gasteiger partial charge in [0, 0.05) is 17.4 Å². The Hall–Kier alpha value is -3.39. The van der Waals surface area contributed by atoms with E-state index in [0.717, 1.165) is 27.6 Å². The maximum atomic E-state index is 12.6. The molecule has 7 heteroatoms. The van der Waals surface area contributed by atoms with E-state index in [0.29, 0.717) is 5.58 Å². The zero-order valence-corrected chi connectivity index (χ0v) is 16.8. The van der Waals surface area contributed by atoms with Gasteiger partial charge in [0.05, 0.1) is 12.7 Å². The molecule has 0 aliphatic carbocycles. The summed E-state index contributed by atoms with van der Waals surface area (Å²) in [5, 5.41) is 22.1. The second-order valence-corrected chi connectivity index (χ2v) is 7.22. The van der Waals surface area contributed by atoms with Gasteiger partial charge in [0.15, 0.2) is 0 Å². The van der Waals surface area contributed by atoms with Gasteiger partial charge in [-0.2, -0.15) is 0 Å². The van der Waals surface area contributed by atoms with Gasteiger partial charge in [-0.3, -0.25) is 4.79 Å². The summed E-state index contributed by atoms with van der Waals surface area (Å²) in [4.78, 5) is 12.6. The molecule has 0 fully saturated rings. The molecule has 3 aromatic carbocycles. The van der Waals surface area contributed by atoms with Crippen LogP contribution in [0.3, 0.4) is 0 Å². The maximum absolute atomic E-state index is 12.6. The van der Waals surface area contributed by atoms with Crippen LogP contribution in [0.5, 0.6) is 0 Å². The van der Waals surface area contributed by atoms with E-state index in [-0.39, 0.29) is 18.7 Å². The first kappa shape index (κ1) is 20.9. The second kappa shape index (κ2) is 9.62. The predicted molar refractivity (Wildman–Crippen MR) is 119 cm³/mol. The van der Waals surface area contributed by atoms with Crippen LogP contribution in [-0.2, 0) is 22.3 Å². The van der Waals surface area contributed by atoms with Gasteiger partial charge in [-0.05, 0) is 22.8 Å². The lowest BCUT2D eigenvalue weighted by Crippen LogP contribution is -2.43. The van der Waals surface area contributed by atoms with Crippen LogP contribution >= 0.6 is 0 Å². The number of nitrogens with one attached hydrogen (secondary N) is 1. The molecule has 6 nitrogen and oxygen atoms in total. The molecule has 0 aliphatic heterocycles. The van der Waals surface area contributed by atoms with Crippen molar-refractivity contribution in [3.8, 4) is 11.1 Å². The summed E-state index contributed by atoms with van der Waals surface area (Å²) < 4.78 is 10.6. The molecule has 0 spiro atoms. The number of rotatable bonds is 8. The standard InChI is InChI=1S/C24H22BNO5/c27-23(14-17-10-12-19(13-11-17)18-6-2-1-3-7-18)26-24(31-25(28)29)15-20-16-30-22-9-5-4-8-21(20)22/h1-13,16,24,28-29H,14-15H2,(H,26,27)/t24-/m1/s1. The average molecular weight is 415 g/mol. The zero-order chi connectivity index (χ0) is 21.6. The Morgan fingerprint density at radius 1 is 0.935 bits per heavy atom. The Morgan fingerprint density at radius 2 is 1.61 bits per heavy atom. The summed E-state index contributed by atoms with van der Waals surface area (Å²) in [6, 6.07) is 25.2. The number of para-hydroxylation sites is 1. The first-order chi connectivity index (χ1) is 15.1. The molecule has 1 aromatic heterocycles. The Kier molecular flexibility index (Phi) is 6.47. The summed E-state index contributed by atoms with van der Waals surface area (Å²) >= 11 is 0. The SMILES string of the molecule is O=C(Cc1ccc(-c2ccccc2)cc1)N[C@@H](Cc1coc2ccccc12)OB(O)O. The van der Waals surface area contributed by atoms with Crippen molar-refractivity contribution in [2.45, 2.75) is 19.1 Å². The van der Waals surface area contributed by atoms with Crippen molar-refractivity contribution in [1.82, 2.24) is 5.32 Å². The smallest absolute Gasteiger partial charge is 0.464 e. The fourth-order valence-electron chi connectivity index (χ4n) is 3.53. The fraction of sp³-hybridized carbons (Fsp3) is 0.125. The van der Waals surface area contributed by atoms with Crippen molar-refractivity contribution in [1.29, 1.82) is 0 Å². The van der Waals surface area contributed by atoms with Crippen molar-refractivity contribution < 1.29 is 23.9 Å². The summed E-state index contributed by atoms with van der Waals surface area (Å²) in [5.74, 6) is -0.286. The largest absolute Gasteiger partial charge is 0.635 e. The molecule has 0 saturated heterocycles. The molecule has 0 saturated carbocycles. The molecule has 0 bridgehead atoms. The normalized spacial score (nSPS) is 11.9. The highest BCUT2D eigenvalue weighted by Crippen LogP contribution is 2.22. The molecule has 156 valence electrons. The molecule has 4 rings (SSSR count). The number of fused-ring (bicyclic) bond motifs is 1. The molecular formula is C24H22BNO5. The van der Waals surface area contributed by atoms with Crippen molar-refractivity contribution in [3.63, 3.8) is 0 Å². The van der Waals surface area contributed by atoms with Gasteiger partial charge in [0.2, 0.25) is 5.91 Å². The van der Waals surface area contributed by atoms with Crippen molar-refractivity contribution >= 4 is 24.2 Å². The highest BCUT2D eigenvalue weighted by atomic mass is 16.6. The van der Waals surface area contributed by atoms with Gasteiger partial charge in [-0.25, -0.2) is 0 Å². The monoisotopic (exact) mass is 415 g/mol. The van der Waals surface area contributed by atoms with Crippen LogP contribution in [0.4, 0.5) is 0 Å². The van der Waals surface area contributed by atoms with Gasteiger partial charge >= 0.3 is 7.32 Å². The average Bonchev–Trinajstić information content (AvgIpc) is 3.17. The molecule has 31 heavy (non-hydrogen) atoms. The van der Waals surface area contributed by atoms with E-state index in [1.807, 2.05) is 78.9 Å². The van der Waals surface area contributed by atoms with Gasteiger partial charge in [0.25, 0.3) is 0 Å². The fourth-order valence-corrected chi connectivity index (χ4v) is 3.53. The summed E-state index contributed by atoms with van der Waals surface area (Å²) in [6.45, 7) is 0. The Morgan fingerprint density at radius 3 is 2.35 bits per heavy atom. The molecule has 0 radical (unpaired) electrons. The van der Waals surface area contributed by atoms with E-state index in [1.54, 1.807) is 6.26 Å². The quantitative estimate of drug-likeness (QED) is 0.303. The number of carbonyl (C=O) groups excluding carboxylic acids is 1. The number of hydrogen-bond donors (Lipinski definition) is 3. The highest BCUT2D eigenvalue weighted by Gasteiger charge is 2.22. The third kappa shape index (κ3) is 5.41. The number of benzene rings is 3. The third-order valence-corrected chi connectivity index (χ3v) is 5.00. The number of furan rings is 1. The minimum absolute atomic E-state index is 0.141. The molecular weight excluding hydrogens is 393 g/mol. The lowest BCUT2D eigenvalue weighted by molar-refractivity contribution is -0.123. The van der Waals surface area contributed by atoms with Gasteiger partial charge < -0.3 is 24.4 Å². The molecule has 0 aliphatic rings.